The summed E-state index contributed by atoms with van der Waals surface area (Å²) < 4.78 is 27.4. The SMILES string of the molecule is O=C(Nc1c(F)cccc1F)c1cc(Cl)cc(Br)c1. The van der Waals surface area contributed by atoms with Crippen LogP contribution < -0.4 is 5.32 Å². The Morgan fingerprint density at radius 2 is 1.79 bits per heavy atom. The van der Waals surface area contributed by atoms with E-state index in [2.05, 4.69) is 21.2 Å². The number of para-hydroxylation sites is 1. The number of nitrogens with one attached hydrogen (secondary N) is 1. The van der Waals surface area contributed by atoms with E-state index in [4.69, 9.17) is 11.6 Å². The fourth-order valence-corrected chi connectivity index (χ4v) is 2.35. The van der Waals surface area contributed by atoms with Crippen LogP contribution >= 0.6 is 27.5 Å². The van der Waals surface area contributed by atoms with Crippen LogP contribution in [0.5, 0.6) is 0 Å². The van der Waals surface area contributed by atoms with E-state index in [1.807, 2.05) is 0 Å². The summed E-state index contributed by atoms with van der Waals surface area (Å²) >= 11 is 8.98. The molecule has 98 valence electrons. The third kappa shape index (κ3) is 3.30. The topological polar surface area (TPSA) is 29.1 Å². The molecule has 0 bridgehead atoms. The molecule has 0 saturated carbocycles. The van der Waals surface area contributed by atoms with E-state index in [9.17, 15) is 13.6 Å². The molecule has 0 atom stereocenters. The quantitative estimate of drug-likeness (QED) is 0.844. The van der Waals surface area contributed by atoms with Gasteiger partial charge < -0.3 is 5.32 Å². The number of amides is 1. The fraction of sp³-hybridized carbons (Fsp3) is 0. The molecule has 0 aliphatic rings. The summed E-state index contributed by atoms with van der Waals surface area (Å²) in [6.45, 7) is 0. The molecule has 2 rings (SSSR count). The summed E-state index contributed by atoms with van der Waals surface area (Å²) in [6, 6.07) is 7.85. The molecule has 2 nitrogen and oxygen atoms in total. The molecular weight excluding hydrogens is 340 g/mol. The average molecular weight is 347 g/mol. The average Bonchev–Trinajstić information content (AvgIpc) is 2.32. The van der Waals surface area contributed by atoms with Gasteiger partial charge in [-0.05, 0) is 30.3 Å². The highest BCUT2D eigenvalue weighted by atomic mass is 79.9. The van der Waals surface area contributed by atoms with Crippen molar-refractivity contribution >= 4 is 39.1 Å². The number of benzene rings is 2. The van der Waals surface area contributed by atoms with Crippen molar-refractivity contribution in [2.75, 3.05) is 5.32 Å². The van der Waals surface area contributed by atoms with Crippen LogP contribution in [0.25, 0.3) is 0 Å². The second kappa shape index (κ2) is 5.67. The number of hydrogen-bond donors (Lipinski definition) is 1. The molecule has 0 heterocycles. The third-order valence-corrected chi connectivity index (χ3v) is 3.00. The van der Waals surface area contributed by atoms with E-state index in [0.29, 0.717) is 9.50 Å². The molecule has 6 heteroatoms. The zero-order valence-electron chi connectivity index (χ0n) is 9.38. The van der Waals surface area contributed by atoms with Crippen LogP contribution in [-0.4, -0.2) is 5.91 Å². The second-order valence-electron chi connectivity index (χ2n) is 3.71. The lowest BCUT2D eigenvalue weighted by Gasteiger charge is -2.08. The van der Waals surface area contributed by atoms with Gasteiger partial charge >= 0.3 is 0 Å². The van der Waals surface area contributed by atoms with E-state index >= 15 is 0 Å². The predicted octanol–water partition coefficient (Wildman–Crippen LogP) is 4.63. The van der Waals surface area contributed by atoms with Gasteiger partial charge in [0.15, 0.2) is 0 Å². The first-order chi connectivity index (χ1) is 8.97. The van der Waals surface area contributed by atoms with E-state index < -0.39 is 23.2 Å². The molecule has 19 heavy (non-hydrogen) atoms. The number of anilines is 1. The maximum Gasteiger partial charge on any atom is 0.255 e. The first-order valence-electron chi connectivity index (χ1n) is 5.19. The smallest absolute Gasteiger partial charge is 0.255 e. The summed E-state index contributed by atoms with van der Waals surface area (Å²) in [5.74, 6) is -2.32. The summed E-state index contributed by atoms with van der Waals surface area (Å²) in [5, 5.41) is 2.52. The predicted molar refractivity (Wildman–Crippen MR) is 73.5 cm³/mol. The lowest BCUT2D eigenvalue weighted by molar-refractivity contribution is 0.102. The summed E-state index contributed by atoms with van der Waals surface area (Å²) in [6.07, 6.45) is 0. The Morgan fingerprint density at radius 3 is 2.37 bits per heavy atom. The Kier molecular flexibility index (Phi) is 4.17. The van der Waals surface area contributed by atoms with Crippen molar-refractivity contribution in [1.29, 1.82) is 0 Å². The van der Waals surface area contributed by atoms with Gasteiger partial charge in [0.2, 0.25) is 0 Å². The molecule has 1 amide bonds. The zero-order chi connectivity index (χ0) is 14.0. The van der Waals surface area contributed by atoms with Crippen LogP contribution in [0.1, 0.15) is 10.4 Å². The van der Waals surface area contributed by atoms with Crippen LogP contribution in [0.2, 0.25) is 5.02 Å². The van der Waals surface area contributed by atoms with Gasteiger partial charge in [-0.3, -0.25) is 4.79 Å². The van der Waals surface area contributed by atoms with Crippen molar-refractivity contribution in [3.63, 3.8) is 0 Å². The second-order valence-corrected chi connectivity index (χ2v) is 5.06. The normalized spacial score (nSPS) is 10.3. The van der Waals surface area contributed by atoms with Crippen molar-refractivity contribution in [3.05, 3.63) is 63.1 Å². The van der Waals surface area contributed by atoms with Gasteiger partial charge in [0, 0.05) is 15.1 Å². The molecule has 0 radical (unpaired) electrons. The maximum atomic E-state index is 13.4. The zero-order valence-corrected chi connectivity index (χ0v) is 11.7. The minimum absolute atomic E-state index is 0.196. The monoisotopic (exact) mass is 345 g/mol. The van der Waals surface area contributed by atoms with Gasteiger partial charge in [-0.1, -0.05) is 33.6 Å². The molecular formula is C13H7BrClF2NO. The molecule has 0 saturated heterocycles. The van der Waals surface area contributed by atoms with Crippen LogP contribution in [0.4, 0.5) is 14.5 Å². The molecule has 0 fully saturated rings. The van der Waals surface area contributed by atoms with Gasteiger partial charge in [-0.2, -0.15) is 0 Å². The molecule has 2 aromatic rings. The van der Waals surface area contributed by atoms with Crippen molar-refractivity contribution in [2.24, 2.45) is 0 Å². The van der Waals surface area contributed by atoms with E-state index in [0.717, 1.165) is 12.1 Å². The lowest BCUT2D eigenvalue weighted by atomic mass is 10.2. The van der Waals surface area contributed by atoms with Crippen molar-refractivity contribution < 1.29 is 13.6 Å². The van der Waals surface area contributed by atoms with Crippen LogP contribution in [-0.2, 0) is 0 Å². The molecule has 0 unspecified atom stereocenters. The van der Waals surface area contributed by atoms with Crippen molar-refractivity contribution in [3.8, 4) is 0 Å². The number of carbonyl (C=O) groups excluding carboxylic acids is 1. The summed E-state index contributed by atoms with van der Waals surface area (Å²) in [4.78, 5) is 11.9. The van der Waals surface area contributed by atoms with Crippen molar-refractivity contribution in [1.82, 2.24) is 0 Å². The number of hydrogen-bond acceptors (Lipinski definition) is 1. The van der Waals surface area contributed by atoms with Gasteiger partial charge in [-0.15, -0.1) is 0 Å². The standard InChI is InChI=1S/C13H7BrClF2NO/c14-8-4-7(5-9(15)6-8)13(19)18-12-10(16)2-1-3-11(12)17/h1-6H,(H,18,19). The Hall–Kier alpha value is -1.46. The van der Waals surface area contributed by atoms with Gasteiger partial charge in [0.25, 0.3) is 5.91 Å². The highest BCUT2D eigenvalue weighted by molar-refractivity contribution is 9.10. The minimum Gasteiger partial charge on any atom is -0.317 e. The number of rotatable bonds is 2. The highest BCUT2D eigenvalue weighted by Crippen LogP contribution is 2.22. The molecule has 0 aliphatic carbocycles. The number of halogens is 4. The Morgan fingerprint density at radius 1 is 1.16 bits per heavy atom. The first kappa shape index (κ1) is 14.0. The molecule has 1 N–H and O–H groups in total. The van der Waals surface area contributed by atoms with Gasteiger partial charge in [0.1, 0.15) is 17.3 Å². The van der Waals surface area contributed by atoms with Gasteiger partial charge in [-0.25, -0.2) is 8.78 Å². The maximum absolute atomic E-state index is 13.4. The highest BCUT2D eigenvalue weighted by Gasteiger charge is 2.14. The van der Waals surface area contributed by atoms with E-state index in [1.54, 1.807) is 6.07 Å². The minimum atomic E-state index is -0.838. The van der Waals surface area contributed by atoms with Crippen LogP contribution in [0, 0.1) is 11.6 Å². The van der Waals surface area contributed by atoms with Crippen molar-refractivity contribution in [2.45, 2.75) is 0 Å². The Balaban J connectivity index is 2.31. The summed E-state index contributed by atoms with van der Waals surface area (Å²) in [7, 11) is 0. The Bertz CT molecular complexity index is 608. The molecule has 0 aromatic heterocycles. The van der Waals surface area contributed by atoms with E-state index in [1.165, 1.54) is 18.2 Å². The van der Waals surface area contributed by atoms with Crippen LogP contribution in [0.3, 0.4) is 0 Å². The molecule has 0 spiro atoms. The Labute approximate surface area is 121 Å². The largest absolute Gasteiger partial charge is 0.317 e. The molecule has 0 aliphatic heterocycles. The fourth-order valence-electron chi connectivity index (χ4n) is 1.49. The summed E-state index contributed by atoms with van der Waals surface area (Å²) in [5.41, 5.74) is -0.286. The molecule has 2 aromatic carbocycles. The van der Waals surface area contributed by atoms with E-state index in [-0.39, 0.29) is 5.56 Å². The first-order valence-corrected chi connectivity index (χ1v) is 6.36. The lowest BCUT2D eigenvalue weighted by Crippen LogP contribution is -2.14. The van der Waals surface area contributed by atoms with Crippen LogP contribution in [0.15, 0.2) is 40.9 Å². The van der Waals surface area contributed by atoms with Gasteiger partial charge in [0.05, 0.1) is 0 Å². The third-order valence-electron chi connectivity index (χ3n) is 2.33. The number of carbonyl (C=O) groups is 1.